The zero-order chi connectivity index (χ0) is 17.6. The van der Waals surface area contributed by atoms with Crippen LogP contribution in [0.15, 0.2) is 48.5 Å². The van der Waals surface area contributed by atoms with Crippen LogP contribution in [0.4, 0.5) is 5.69 Å². The molecular weight excluding hydrogens is 318 g/mol. The zero-order valence-corrected chi connectivity index (χ0v) is 13.8. The van der Waals surface area contributed by atoms with E-state index in [0.717, 1.165) is 17.5 Å². The standard InChI is InChI=1S/C19H21N3O3/c20-10-11-21-18(23)15-7-3-4-8-16(15)22-19(24)17-14-6-2-1-5-13(14)9-12-25-17/h1-8,17H,9-12,20H2,(H,21,23)(H,22,24). The van der Waals surface area contributed by atoms with Crippen LogP contribution in [0.3, 0.4) is 0 Å². The first-order chi connectivity index (χ1) is 12.2. The Hall–Kier alpha value is -2.70. The highest BCUT2D eigenvalue weighted by molar-refractivity contribution is 6.04. The number of nitrogens with one attached hydrogen (secondary N) is 2. The number of ether oxygens (including phenoxy) is 1. The van der Waals surface area contributed by atoms with Crippen LogP contribution in [-0.2, 0) is 16.0 Å². The number of anilines is 1. The van der Waals surface area contributed by atoms with Crippen molar-refractivity contribution >= 4 is 17.5 Å². The van der Waals surface area contributed by atoms with Gasteiger partial charge in [-0.05, 0) is 29.7 Å². The van der Waals surface area contributed by atoms with E-state index in [-0.39, 0.29) is 11.8 Å². The van der Waals surface area contributed by atoms with Crippen molar-refractivity contribution in [3.8, 4) is 0 Å². The Kier molecular flexibility index (Phi) is 5.42. The van der Waals surface area contributed by atoms with Crippen LogP contribution in [-0.4, -0.2) is 31.5 Å². The predicted molar refractivity (Wildman–Crippen MR) is 95.3 cm³/mol. The number of fused-ring (bicyclic) bond motifs is 1. The van der Waals surface area contributed by atoms with Gasteiger partial charge in [0.15, 0.2) is 6.10 Å². The molecule has 1 aliphatic rings. The Balaban J connectivity index is 1.79. The fourth-order valence-electron chi connectivity index (χ4n) is 2.88. The van der Waals surface area contributed by atoms with Crippen LogP contribution >= 0.6 is 0 Å². The molecule has 6 heteroatoms. The molecule has 1 unspecified atom stereocenters. The van der Waals surface area contributed by atoms with Crippen molar-refractivity contribution in [1.82, 2.24) is 5.32 Å². The van der Waals surface area contributed by atoms with E-state index < -0.39 is 6.10 Å². The first-order valence-electron chi connectivity index (χ1n) is 8.28. The summed E-state index contributed by atoms with van der Waals surface area (Å²) in [6.07, 6.45) is 0.114. The average molecular weight is 339 g/mol. The molecule has 2 aromatic carbocycles. The summed E-state index contributed by atoms with van der Waals surface area (Å²) in [5.74, 6) is -0.558. The summed E-state index contributed by atoms with van der Waals surface area (Å²) in [6, 6.07) is 14.6. The Morgan fingerprint density at radius 2 is 1.88 bits per heavy atom. The van der Waals surface area contributed by atoms with E-state index >= 15 is 0 Å². The Morgan fingerprint density at radius 3 is 2.72 bits per heavy atom. The highest BCUT2D eigenvalue weighted by Crippen LogP contribution is 2.28. The van der Waals surface area contributed by atoms with Gasteiger partial charge in [0.05, 0.1) is 17.9 Å². The highest BCUT2D eigenvalue weighted by Gasteiger charge is 2.28. The maximum absolute atomic E-state index is 12.7. The molecule has 0 bridgehead atoms. The van der Waals surface area contributed by atoms with Gasteiger partial charge in [-0.25, -0.2) is 0 Å². The van der Waals surface area contributed by atoms with E-state index in [2.05, 4.69) is 10.6 Å². The first-order valence-corrected chi connectivity index (χ1v) is 8.28. The van der Waals surface area contributed by atoms with E-state index in [1.807, 2.05) is 24.3 Å². The number of benzene rings is 2. The molecule has 0 aromatic heterocycles. The number of nitrogens with two attached hydrogens (primary N) is 1. The number of para-hydroxylation sites is 1. The second-order valence-electron chi connectivity index (χ2n) is 5.78. The van der Waals surface area contributed by atoms with Crippen molar-refractivity contribution in [3.05, 3.63) is 65.2 Å². The van der Waals surface area contributed by atoms with Crippen LogP contribution in [0.2, 0.25) is 0 Å². The average Bonchev–Trinajstić information content (AvgIpc) is 2.66. The summed E-state index contributed by atoms with van der Waals surface area (Å²) in [6.45, 7) is 1.22. The summed E-state index contributed by atoms with van der Waals surface area (Å²) in [5.41, 5.74) is 8.25. The van der Waals surface area contributed by atoms with Gasteiger partial charge >= 0.3 is 0 Å². The summed E-state index contributed by atoms with van der Waals surface area (Å²) in [4.78, 5) is 25.0. The molecule has 2 amide bonds. The van der Waals surface area contributed by atoms with Gasteiger partial charge in [0, 0.05) is 13.1 Å². The molecule has 4 N–H and O–H groups in total. The predicted octanol–water partition coefficient (Wildman–Crippen LogP) is 1.63. The van der Waals surface area contributed by atoms with E-state index in [1.54, 1.807) is 24.3 Å². The molecule has 0 saturated heterocycles. The van der Waals surface area contributed by atoms with Gasteiger partial charge in [0.25, 0.3) is 11.8 Å². The van der Waals surface area contributed by atoms with Crippen LogP contribution in [0, 0.1) is 0 Å². The fraction of sp³-hybridized carbons (Fsp3) is 0.263. The number of carbonyl (C=O) groups excluding carboxylic acids is 2. The number of rotatable bonds is 5. The lowest BCUT2D eigenvalue weighted by Crippen LogP contribution is -2.31. The van der Waals surface area contributed by atoms with Crippen molar-refractivity contribution in [2.75, 3.05) is 25.0 Å². The molecule has 6 nitrogen and oxygen atoms in total. The van der Waals surface area contributed by atoms with Crippen molar-refractivity contribution in [2.24, 2.45) is 5.73 Å². The number of carbonyl (C=O) groups is 2. The molecule has 0 aliphatic carbocycles. The second-order valence-corrected chi connectivity index (χ2v) is 5.78. The smallest absolute Gasteiger partial charge is 0.258 e. The lowest BCUT2D eigenvalue weighted by molar-refractivity contribution is -0.128. The SMILES string of the molecule is NCCNC(=O)c1ccccc1NC(=O)C1OCCc2ccccc21. The van der Waals surface area contributed by atoms with Crippen LogP contribution in [0.25, 0.3) is 0 Å². The first kappa shape index (κ1) is 17.1. The molecule has 130 valence electrons. The minimum Gasteiger partial charge on any atom is -0.363 e. The monoisotopic (exact) mass is 339 g/mol. The summed E-state index contributed by atoms with van der Waals surface area (Å²) in [7, 11) is 0. The molecule has 0 spiro atoms. The van der Waals surface area contributed by atoms with Crippen molar-refractivity contribution in [1.29, 1.82) is 0 Å². The molecular formula is C19H21N3O3. The van der Waals surface area contributed by atoms with E-state index in [0.29, 0.717) is 30.9 Å². The molecule has 0 fully saturated rings. The molecule has 25 heavy (non-hydrogen) atoms. The molecule has 1 heterocycles. The maximum Gasteiger partial charge on any atom is 0.258 e. The normalized spacial score (nSPS) is 16.0. The van der Waals surface area contributed by atoms with E-state index in [1.165, 1.54) is 0 Å². The van der Waals surface area contributed by atoms with Crippen molar-refractivity contribution in [3.63, 3.8) is 0 Å². The fourth-order valence-corrected chi connectivity index (χ4v) is 2.88. The Bertz CT molecular complexity index is 776. The second kappa shape index (κ2) is 7.92. The minimum absolute atomic E-state index is 0.272. The molecule has 0 radical (unpaired) electrons. The third-order valence-corrected chi connectivity index (χ3v) is 4.09. The lowest BCUT2D eigenvalue weighted by Gasteiger charge is -2.25. The van der Waals surface area contributed by atoms with Crippen LogP contribution < -0.4 is 16.4 Å². The molecule has 1 aliphatic heterocycles. The molecule has 2 aromatic rings. The Labute approximate surface area is 146 Å². The number of amides is 2. The lowest BCUT2D eigenvalue weighted by atomic mass is 9.97. The zero-order valence-electron chi connectivity index (χ0n) is 13.8. The molecule has 0 saturated carbocycles. The van der Waals surface area contributed by atoms with Crippen LogP contribution in [0.1, 0.15) is 27.6 Å². The molecule has 3 rings (SSSR count). The molecule has 1 atom stereocenters. The number of hydrogen-bond donors (Lipinski definition) is 3. The van der Waals surface area contributed by atoms with Gasteiger partial charge in [0.1, 0.15) is 0 Å². The largest absolute Gasteiger partial charge is 0.363 e. The maximum atomic E-state index is 12.7. The summed E-state index contributed by atoms with van der Waals surface area (Å²) in [5, 5.41) is 5.53. The Morgan fingerprint density at radius 1 is 1.12 bits per heavy atom. The van der Waals surface area contributed by atoms with Gasteiger partial charge in [-0.15, -0.1) is 0 Å². The van der Waals surface area contributed by atoms with Gasteiger partial charge < -0.3 is 21.1 Å². The third kappa shape index (κ3) is 3.87. The summed E-state index contributed by atoms with van der Waals surface area (Å²) >= 11 is 0. The van der Waals surface area contributed by atoms with Gasteiger partial charge in [-0.2, -0.15) is 0 Å². The third-order valence-electron chi connectivity index (χ3n) is 4.09. The van der Waals surface area contributed by atoms with Crippen molar-refractivity contribution in [2.45, 2.75) is 12.5 Å². The van der Waals surface area contributed by atoms with Gasteiger partial charge in [-0.1, -0.05) is 36.4 Å². The van der Waals surface area contributed by atoms with E-state index in [4.69, 9.17) is 10.5 Å². The minimum atomic E-state index is -0.676. The van der Waals surface area contributed by atoms with Gasteiger partial charge in [0.2, 0.25) is 0 Å². The highest BCUT2D eigenvalue weighted by atomic mass is 16.5. The van der Waals surface area contributed by atoms with Crippen molar-refractivity contribution < 1.29 is 14.3 Å². The number of hydrogen-bond acceptors (Lipinski definition) is 4. The quantitative estimate of drug-likeness (QED) is 0.772. The summed E-state index contributed by atoms with van der Waals surface area (Å²) < 4.78 is 5.67. The van der Waals surface area contributed by atoms with Gasteiger partial charge in [-0.3, -0.25) is 9.59 Å². The van der Waals surface area contributed by atoms with Crippen LogP contribution in [0.5, 0.6) is 0 Å². The van der Waals surface area contributed by atoms with E-state index in [9.17, 15) is 9.59 Å². The topological polar surface area (TPSA) is 93.5 Å².